The Labute approximate surface area is 118 Å². The molecule has 0 N–H and O–H groups in total. The van der Waals surface area contributed by atoms with E-state index < -0.39 is 19.0 Å². The summed E-state index contributed by atoms with van der Waals surface area (Å²) in [5.74, 6) is 0. The van der Waals surface area contributed by atoms with Crippen LogP contribution in [-0.4, -0.2) is 19.0 Å². The minimum absolute atomic E-state index is 2.90. The van der Waals surface area contributed by atoms with Gasteiger partial charge in [-0.15, -0.1) is 0 Å². The summed E-state index contributed by atoms with van der Waals surface area (Å²) in [5, 5.41) is -8.03. The molecule has 1 nitrogen and oxygen atoms in total. The second-order valence-electron chi connectivity index (χ2n) is 2.13. The lowest BCUT2D eigenvalue weighted by atomic mass is 10.7. The van der Waals surface area contributed by atoms with Crippen LogP contribution in [0.15, 0.2) is 0 Å². The summed E-state index contributed by atoms with van der Waals surface area (Å²) in [6.07, 6.45) is 0. The quantitative estimate of drug-likeness (QED) is 0.622. The highest BCUT2D eigenvalue weighted by molar-refractivity contribution is 6.70. The monoisotopic (exact) mass is 366 g/mol. The molecule has 0 aliphatic rings. The van der Waals surface area contributed by atoms with Crippen LogP contribution in [0.5, 0.6) is 0 Å². The smallest absolute Gasteiger partial charge is 0.287 e. The van der Waals surface area contributed by atoms with Crippen molar-refractivity contribution in [2.45, 2.75) is 19.0 Å². The van der Waals surface area contributed by atoms with Crippen molar-refractivity contribution < 1.29 is 17.9 Å². The molecule has 0 saturated carbocycles. The van der Waals surface area contributed by atoms with Gasteiger partial charge in [0.15, 0.2) is 0 Å². The van der Waals surface area contributed by atoms with Gasteiger partial charge >= 0.3 is 15.2 Å². The van der Waals surface area contributed by atoms with E-state index in [0.717, 1.165) is 0 Å². The van der Waals surface area contributed by atoms with Crippen molar-refractivity contribution in [3.63, 3.8) is 0 Å². The van der Waals surface area contributed by atoms with Gasteiger partial charge in [0, 0.05) is 0 Å². The van der Waals surface area contributed by atoms with E-state index in [9.17, 15) is 13.2 Å². The molecule has 15 heavy (non-hydrogen) atoms. The second-order valence-corrected chi connectivity index (χ2v) is 6.63. The lowest BCUT2D eigenvalue weighted by molar-refractivity contribution is -0.161. The van der Waals surface area contributed by atoms with Gasteiger partial charge in [0.25, 0.3) is 3.79 Å². The van der Waals surface area contributed by atoms with Crippen molar-refractivity contribution in [1.29, 1.82) is 0 Å². The zero-order valence-electron chi connectivity index (χ0n) is 6.19. The number of hydrogen-bond donors (Lipinski definition) is 0. The van der Waals surface area contributed by atoms with Crippen LogP contribution < -0.4 is 0 Å². The first-order chi connectivity index (χ1) is 6.21. The van der Waals surface area contributed by atoms with E-state index in [1.54, 1.807) is 0 Å². The third-order valence-electron chi connectivity index (χ3n) is 0.916. The first-order valence-corrected chi connectivity index (χ1v) is 5.44. The SMILES string of the molecule is FC(F)(Cl)C(Cl)(Cl)OC(F)(Cl)C(Cl)(Cl)Cl. The zero-order valence-corrected chi connectivity index (χ0v) is 11.5. The molecule has 0 bridgehead atoms. The van der Waals surface area contributed by atoms with Crippen molar-refractivity contribution in [2.75, 3.05) is 0 Å². The number of halogens is 10. The van der Waals surface area contributed by atoms with E-state index in [0.29, 0.717) is 0 Å². The van der Waals surface area contributed by atoms with Crippen LogP contribution in [0, 0.1) is 0 Å². The average Bonchev–Trinajstić information content (AvgIpc) is 1.77. The van der Waals surface area contributed by atoms with Crippen LogP contribution >= 0.6 is 81.2 Å². The molecule has 0 aliphatic carbocycles. The fourth-order valence-corrected chi connectivity index (χ4v) is 0.838. The molecule has 1 unspecified atom stereocenters. The van der Waals surface area contributed by atoms with E-state index >= 15 is 0 Å². The number of alkyl halides is 10. The highest BCUT2D eigenvalue weighted by Crippen LogP contribution is 2.52. The van der Waals surface area contributed by atoms with Gasteiger partial charge in [-0.05, 0) is 23.2 Å². The second kappa shape index (κ2) is 4.81. The van der Waals surface area contributed by atoms with Gasteiger partial charge in [-0.2, -0.15) is 13.2 Å². The summed E-state index contributed by atoms with van der Waals surface area (Å²) >= 11 is 33.9. The lowest BCUT2D eigenvalue weighted by Crippen LogP contribution is -2.47. The fraction of sp³-hybridized carbons (Fsp3) is 1.00. The van der Waals surface area contributed by atoms with E-state index in [4.69, 9.17) is 69.6 Å². The highest BCUT2D eigenvalue weighted by atomic mass is 35.6. The van der Waals surface area contributed by atoms with E-state index in [-0.39, 0.29) is 0 Å². The Morgan fingerprint density at radius 3 is 1.27 bits per heavy atom. The minimum Gasteiger partial charge on any atom is -0.287 e. The van der Waals surface area contributed by atoms with Crippen molar-refractivity contribution >= 4 is 81.2 Å². The van der Waals surface area contributed by atoms with Gasteiger partial charge in [0.2, 0.25) is 0 Å². The molecule has 0 fully saturated rings. The maximum Gasteiger partial charge on any atom is 0.378 e. The Balaban J connectivity index is 4.89. The van der Waals surface area contributed by atoms with Crippen LogP contribution in [0.2, 0.25) is 0 Å². The first kappa shape index (κ1) is 16.8. The Kier molecular flexibility index (Phi) is 5.38. The van der Waals surface area contributed by atoms with Crippen LogP contribution in [0.1, 0.15) is 0 Å². The Bertz CT molecular complexity index is 207. The lowest BCUT2D eigenvalue weighted by Gasteiger charge is -2.33. The summed E-state index contributed by atoms with van der Waals surface area (Å²) in [6.45, 7) is 0. The Hall–Kier alpha value is 1.78. The summed E-state index contributed by atoms with van der Waals surface area (Å²) in [5.41, 5.74) is 0. The number of hydrogen-bond acceptors (Lipinski definition) is 1. The standard InChI is InChI=1S/C4Cl7F3O/c5-1(6,7)4(11,14)15-2(8,9)3(10,12)13. The maximum absolute atomic E-state index is 13.2. The normalized spacial score (nSPS) is 18.8. The number of rotatable bonds is 3. The molecule has 92 valence electrons. The van der Waals surface area contributed by atoms with Crippen molar-refractivity contribution in [1.82, 2.24) is 0 Å². The average molecular weight is 369 g/mol. The van der Waals surface area contributed by atoms with Gasteiger partial charge < -0.3 is 0 Å². The molecule has 0 heterocycles. The molecule has 0 aromatic heterocycles. The summed E-state index contributed by atoms with van der Waals surface area (Å²) in [6, 6.07) is 0. The first-order valence-electron chi connectivity index (χ1n) is 2.80. The molecular weight excluding hydrogens is 369 g/mol. The third-order valence-corrected chi connectivity index (χ3v) is 3.39. The molecule has 0 spiro atoms. The van der Waals surface area contributed by atoms with Crippen LogP contribution in [0.3, 0.4) is 0 Å². The molecule has 0 radical (unpaired) electrons. The maximum atomic E-state index is 13.2. The predicted molar refractivity (Wildman–Crippen MR) is 56.3 cm³/mol. The zero-order chi connectivity index (χ0) is 12.7. The molecule has 11 heteroatoms. The number of ether oxygens (including phenoxy) is 1. The third kappa shape index (κ3) is 4.51. The molecule has 0 amide bonds. The molecule has 0 aromatic carbocycles. The molecular formula is C4Cl7F3O. The van der Waals surface area contributed by atoms with Crippen LogP contribution in [0.4, 0.5) is 13.2 Å². The van der Waals surface area contributed by atoms with E-state index in [2.05, 4.69) is 16.3 Å². The van der Waals surface area contributed by atoms with Gasteiger partial charge in [0.1, 0.15) is 0 Å². The summed E-state index contributed by atoms with van der Waals surface area (Å²) < 4.78 is 35.4. The summed E-state index contributed by atoms with van der Waals surface area (Å²) in [4.78, 5) is 0. The minimum atomic E-state index is -4.35. The Morgan fingerprint density at radius 1 is 0.733 bits per heavy atom. The topological polar surface area (TPSA) is 9.23 Å². The molecule has 1 atom stereocenters. The Morgan fingerprint density at radius 2 is 1.07 bits per heavy atom. The van der Waals surface area contributed by atoms with E-state index in [1.165, 1.54) is 0 Å². The molecule has 0 aromatic rings. The predicted octanol–water partition coefficient (Wildman–Crippen LogP) is 5.20. The van der Waals surface area contributed by atoms with Gasteiger partial charge in [-0.3, -0.25) is 4.74 Å². The highest BCUT2D eigenvalue weighted by Gasteiger charge is 2.61. The van der Waals surface area contributed by atoms with Crippen LogP contribution in [-0.2, 0) is 4.74 Å². The summed E-state index contributed by atoms with van der Waals surface area (Å²) in [7, 11) is 0. The molecule has 0 saturated heterocycles. The largest absolute Gasteiger partial charge is 0.378 e. The van der Waals surface area contributed by atoms with Crippen molar-refractivity contribution in [3.05, 3.63) is 0 Å². The fourth-order valence-electron chi connectivity index (χ4n) is 0.277. The molecule has 0 rings (SSSR count). The van der Waals surface area contributed by atoms with Crippen molar-refractivity contribution in [2.24, 2.45) is 0 Å². The van der Waals surface area contributed by atoms with Crippen molar-refractivity contribution in [3.8, 4) is 0 Å². The van der Waals surface area contributed by atoms with Gasteiger partial charge in [-0.25, -0.2) is 0 Å². The van der Waals surface area contributed by atoms with Crippen LogP contribution in [0.25, 0.3) is 0 Å². The molecule has 0 aliphatic heterocycles. The van der Waals surface area contributed by atoms with Gasteiger partial charge in [0.05, 0.1) is 0 Å². The van der Waals surface area contributed by atoms with Gasteiger partial charge in [-0.1, -0.05) is 58.0 Å². The van der Waals surface area contributed by atoms with E-state index in [1.807, 2.05) is 0 Å².